The molecule has 1 amide bonds. The standard InChI is InChI=1S/C15H25N3O/c1-4-5-6-8-17-15(19)14-10-13(7-9-16-14)18-11-12(2)3/h7,9-10,12H,4-6,8,11H2,1-3H3,(H,16,18)(H,17,19). The molecule has 1 aromatic rings. The molecule has 0 spiro atoms. The van der Waals surface area contributed by atoms with Crippen molar-refractivity contribution in [2.24, 2.45) is 5.92 Å². The lowest BCUT2D eigenvalue weighted by Crippen LogP contribution is -2.25. The van der Waals surface area contributed by atoms with Crippen molar-refractivity contribution >= 4 is 11.6 Å². The van der Waals surface area contributed by atoms with Crippen molar-refractivity contribution in [2.45, 2.75) is 40.0 Å². The highest BCUT2D eigenvalue weighted by atomic mass is 16.1. The lowest BCUT2D eigenvalue weighted by Gasteiger charge is -2.10. The minimum absolute atomic E-state index is 0.0932. The third kappa shape index (κ3) is 6.22. The number of carbonyl (C=O) groups excluding carboxylic acids is 1. The monoisotopic (exact) mass is 263 g/mol. The highest BCUT2D eigenvalue weighted by Gasteiger charge is 2.07. The molecule has 0 aliphatic carbocycles. The predicted octanol–water partition coefficient (Wildman–Crippen LogP) is 3.07. The van der Waals surface area contributed by atoms with Crippen molar-refractivity contribution in [1.82, 2.24) is 10.3 Å². The van der Waals surface area contributed by atoms with Gasteiger partial charge in [0.05, 0.1) is 0 Å². The molecule has 19 heavy (non-hydrogen) atoms. The van der Waals surface area contributed by atoms with E-state index in [1.54, 1.807) is 12.3 Å². The average molecular weight is 263 g/mol. The maximum Gasteiger partial charge on any atom is 0.269 e. The molecule has 106 valence electrons. The van der Waals surface area contributed by atoms with Gasteiger partial charge in [-0.1, -0.05) is 33.6 Å². The van der Waals surface area contributed by atoms with E-state index < -0.39 is 0 Å². The summed E-state index contributed by atoms with van der Waals surface area (Å²) in [7, 11) is 0. The first-order valence-electron chi connectivity index (χ1n) is 7.11. The average Bonchev–Trinajstić information content (AvgIpc) is 2.41. The SMILES string of the molecule is CCCCCNC(=O)c1cc(NCC(C)C)ccn1. The third-order valence-electron chi connectivity index (χ3n) is 2.77. The molecule has 1 aromatic heterocycles. The van der Waals surface area contributed by atoms with Crippen LogP contribution in [0.1, 0.15) is 50.5 Å². The van der Waals surface area contributed by atoms with Gasteiger partial charge in [-0.15, -0.1) is 0 Å². The molecule has 4 heteroatoms. The van der Waals surface area contributed by atoms with Crippen molar-refractivity contribution in [3.8, 4) is 0 Å². The number of amides is 1. The van der Waals surface area contributed by atoms with Crippen LogP contribution in [0.25, 0.3) is 0 Å². The molecule has 0 unspecified atom stereocenters. The van der Waals surface area contributed by atoms with E-state index in [0.29, 0.717) is 11.6 Å². The molecule has 0 saturated heterocycles. The van der Waals surface area contributed by atoms with Crippen LogP contribution < -0.4 is 10.6 Å². The summed E-state index contributed by atoms with van der Waals surface area (Å²) in [4.78, 5) is 16.0. The zero-order chi connectivity index (χ0) is 14.1. The Hall–Kier alpha value is -1.58. The zero-order valence-corrected chi connectivity index (χ0v) is 12.2. The van der Waals surface area contributed by atoms with E-state index in [4.69, 9.17) is 0 Å². The molecule has 0 bridgehead atoms. The van der Waals surface area contributed by atoms with Gasteiger partial charge in [-0.05, 0) is 24.5 Å². The lowest BCUT2D eigenvalue weighted by atomic mass is 10.2. The molecule has 0 radical (unpaired) electrons. The molecule has 4 nitrogen and oxygen atoms in total. The highest BCUT2D eigenvalue weighted by molar-refractivity contribution is 5.93. The third-order valence-corrected chi connectivity index (χ3v) is 2.77. The van der Waals surface area contributed by atoms with E-state index in [9.17, 15) is 4.79 Å². The Morgan fingerprint density at radius 1 is 1.37 bits per heavy atom. The number of carbonyl (C=O) groups is 1. The highest BCUT2D eigenvalue weighted by Crippen LogP contribution is 2.09. The summed E-state index contributed by atoms with van der Waals surface area (Å²) < 4.78 is 0. The quantitative estimate of drug-likeness (QED) is 0.709. The minimum atomic E-state index is -0.0932. The Kier molecular flexibility index (Phi) is 6.93. The molecule has 2 N–H and O–H groups in total. The van der Waals surface area contributed by atoms with E-state index in [0.717, 1.165) is 38.0 Å². The van der Waals surface area contributed by atoms with Crippen LogP contribution in [0.15, 0.2) is 18.3 Å². The number of aromatic nitrogens is 1. The van der Waals surface area contributed by atoms with Gasteiger partial charge in [-0.25, -0.2) is 0 Å². The molecule has 0 aromatic carbocycles. The Morgan fingerprint density at radius 3 is 2.84 bits per heavy atom. The maximum atomic E-state index is 11.9. The van der Waals surface area contributed by atoms with E-state index in [1.165, 1.54) is 0 Å². The summed E-state index contributed by atoms with van der Waals surface area (Å²) in [5.74, 6) is 0.476. The van der Waals surface area contributed by atoms with Crippen LogP contribution in [0, 0.1) is 5.92 Å². The van der Waals surface area contributed by atoms with E-state index in [2.05, 4.69) is 36.4 Å². The smallest absolute Gasteiger partial charge is 0.269 e. The van der Waals surface area contributed by atoms with Gasteiger partial charge in [0.25, 0.3) is 5.91 Å². The van der Waals surface area contributed by atoms with Gasteiger partial charge in [0.2, 0.25) is 0 Å². The second-order valence-corrected chi connectivity index (χ2v) is 5.17. The number of hydrogen-bond acceptors (Lipinski definition) is 3. The normalized spacial score (nSPS) is 10.5. The molecular weight excluding hydrogens is 238 g/mol. The van der Waals surface area contributed by atoms with Crippen molar-refractivity contribution in [3.05, 3.63) is 24.0 Å². The first kappa shape index (κ1) is 15.5. The van der Waals surface area contributed by atoms with Crippen LogP contribution in [0.4, 0.5) is 5.69 Å². The predicted molar refractivity (Wildman–Crippen MR) is 79.4 cm³/mol. The molecule has 1 rings (SSSR count). The number of unbranched alkanes of at least 4 members (excludes halogenated alkanes) is 2. The van der Waals surface area contributed by atoms with Gasteiger partial charge in [0, 0.05) is 25.0 Å². The molecule has 1 heterocycles. The molecular formula is C15H25N3O. The van der Waals surface area contributed by atoms with Gasteiger partial charge in [0.1, 0.15) is 5.69 Å². The molecule has 0 fully saturated rings. The van der Waals surface area contributed by atoms with Gasteiger partial charge in [-0.2, -0.15) is 0 Å². The number of nitrogens with zero attached hydrogens (tertiary/aromatic N) is 1. The van der Waals surface area contributed by atoms with E-state index in [1.807, 2.05) is 6.07 Å². The topological polar surface area (TPSA) is 54.0 Å². The van der Waals surface area contributed by atoms with Crippen LogP contribution in [0.2, 0.25) is 0 Å². The number of anilines is 1. The largest absolute Gasteiger partial charge is 0.385 e. The van der Waals surface area contributed by atoms with Crippen LogP contribution in [0.5, 0.6) is 0 Å². The van der Waals surface area contributed by atoms with Gasteiger partial charge in [-0.3, -0.25) is 9.78 Å². The lowest BCUT2D eigenvalue weighted by molar-refractivity contribution is 0.0948. The fourth-order valence-electron chi connectivity index (χ4n) is 1.65. The first-order valence-corrected chi connectivity index (χ1v) is 7.11. The van der Waals surface area contributed by atoms with Gasteiger partial charge < -0.3 is 10.6 Å². The second-order valence-electron chi connectivity index (χ2n) is 5.17. The zero-order valence-electron chi connectivity index (χ0n) is 12.2. The summed E-state index contributed by atoms with van der Waals surface area (Å²) in [5.41, 5.74) is 1.42. The maximum absolute atomic E-state index is 11.9. The number of pyridine rings is 1. The summed E-state index contributed by atoms with van der Waals surface area (Å²) in [6.07, 6.45) is 4.99. The fraction of sp³-hybridized carbons (Fsp3) is 0.600. The Labute approximate surface area is 116 Å². The van der Waals surface area contributed by atoms with Gasteiger partial charge >= 0.3 is 0 Å². The van der Waals surface area contributed by atoms with Crippen molar-refractivity contribution in [1.29, 1.82) is 0 Å². The van der Waals surface area contributed by atoms with Crippen molar-refractivity contribution in [3.63, 3.8) is 0 Å². The van der Waals surface area contributed by atoms with E-state index >= 15 is 0 Å². The van der Waals surface area contributed by atoms with Gasteiger partial charge in [0.15, 0.2) is 0 Å². The molecule has 0 saturated carbocycles. The number of rotatable bonds is 8. The molecule has 0 aliphatic rings. The van der Waals surface area contributed by atoms with Crippen LogP contribution in [0.3, 0.4) is 0 Å². The van der Waals surface area contributed by atoms with Crippen LogP contribution in [-0.4, -0.2) is 24.0 Å². The Morgan fingerprint density at radius 2 is 2.16 bits per heavy atom. The summed E-state index contributed by atoms with van der Waals surface area (Å²) in [6.45, 7) is 8.05. The first-order chi connectivity index (χ1) is 9.13. The van der Waals surface area contributed by atoms with Crippen molar-refractivity contribution in [2.75, 3.05) is 18.4 Å². The number of hydrogen-bond donors (Lipinski definition) is 2. The Balaban J connectivity index is 2.48. The van der Waals surface area contributed by atoms with E-state index in [-0.39, 0.29) is 5.91 Å². The van der Waals surface area contributed by atoms with Crippen LogP contribution >= 0.6 is 0 Å². The summed E-state index contributed by atoms with van der Waals surface area (Å²) >= 11 is 0. The number of nitrogens with one attached hydrogen (secondary N) is 2. The van der Waals surface area contributed by atoms with Crippen molar-refractivity contribution < 1.29 is 4.79 Å². The molecule has 0 aliphatic heterocycles. The summed E-state index contributed by atoms with van der Waals surface area (Å²) in [6, 6.07) is 3.69. The summed E-state index contributed by atoms with van der Waals surface area (Å²) in [5, 5.41) is 6.19. The molecule has 0 atom stereocenters. The second kappa shape index (κ2) is 8.51. The minimum Gasteiger partial charge on any atom is -0.385 e. The Bertz CT molecular complexity index is 391. The fourth-order valence-corrected chi connectivity index (χ4v) is 1.65. The van der Waals surface area contributed by atoms with Crippen LogP contribution in [-0.2, 0) is 0 Å².